The molecule has 0 aromatic heterocycles. The third-order valence-corrected chi connectivity index (χ3v) is 6.06. The van der Waals surface area contributed by atoms with Crippen molar-refractivity contribution >= 4 is 46.2 Å². The van der Waals surface area contributed by atoms with Gasteiger partial charge < -0.3 is 14.8 Å². The number of benzene rings is 1. The van der Waals surface area contributed by atoms with E-state index in [2.05, 4.69) is 5.32 Å². The Kier molecular flexibility index (Phi) is 4.86. The first kappa shape index (κ1) is 17.4. The molecule has 0 bridgehead atoms. The molecule has 1 saturated heterocycles. The fraction of sp³-hybridized carbons (Fsp3) is 0.389. The van der Waals surface area contributed by atoms with Crippen LogP contribution in [0.2, 0.25) is 0 Å². The number of ether oxygens (including phenoxy) is 2. The average molecular weight is 390 g/mol. The van der Waals surface area contributed by atoms with Crippen LogP contribution >= 0.6 is 24.0 Å². The number of hydrogen-bond donors (Lipinski definition) is 1. The van der Waals surface area contributed by atoms with Gasteiger partial charge in [-0.2, -0.15) is 0 Å². The van der Waals surface area contributed by atoms with Gasteiger partial charge in [-0.15, -0.1) is 0 Å². The molecule has 2 amide bonds. The number of hydrogen-bond acceptors (Lipinski definition) is 6. The Morgan fingerprint density at radius 3 is 2.92 bits per heavy atom. The molecule has 2 heterocycles. The summed E-state index contributed by atoms with van der Waals surface area (Å²) >= 11 is 6.60. The van der Waals surface area contributed by atoms with E-state index in [0.29, 0.717) is 33.8 Å². The van der Waals surface area contributed by atoms with Gasteiger partial charge in [-0.25, -0.2) is 0 Å². The summed E-state index contributed by atoms with van der Waals surface area (Å²) in [6.45, 7) is 1.02. The van der Waals surface area contributed by atoms with E-state index in [1.807, 2.05) is 18.2 Å². The number of rotatable bonds is 5. The number of fused-ring (bicyclic) bond motifs is 1. The number of thioether (sulfide) groups is 1. The Labute approximate surface area is 160 Å². The number of nitrogens with zero attached hydrogens (tertiary/aromatic N) is 1. The van der Waals surface area contributed by atoms with Gasteiger partial charge in [0, 0.05) is 19.0 Å². The molecule has 1 N–H and O–H groups in total. The van der Waals surface area contributed by atoms with E-state index in [1.54, 1.807) is 11.0 Å². The minimum absolute atomic E-state index is 0.0811. The Morgan fingerprint density at radius 2 is 2.15 bits per heavy atom. The second kappa shape index (κ2) is 7.28. The van der Waals surface area contributed by atoms with Gasteiger partial charge >= 0.3 is 0 Å². The second-order valence-electron chi connectivity index (χ2n) is 6.36. The summed E-state index contributed by atoms with van der Waals surface area (Å²) in [5.41, 5.74) is 0.855. The molecule has 1 aromatic rings. The zero-order valence-corrected chi connectivity index (χ0v) is 15.7. The molecule has 1 saturated carbocycles. The van der Waals surface area contributed by atoms with Crippen LogP contribution in [-0.2, 0) is 9.59 Å². The molecule has 4 rings (SSSR count). The number of carbonyl (C=O) groups excluding carboxylic acids is 2. The lowest BCUT2D eigenvalue weighted by Crippen LogP contribution is -2.40. The molecular weight excluding hydrogens is 372 g/mol. The summed E-state index contributed by atoms with van der Waals surface area (Å²) in [6.07, 6.45) is 4.85. The van der Waals surface area contributed by atoms with Gasteiger partial charge in [-0.3, -0.25) is 14.5 Å². The molecule has 136 valence electrons. The first-order valence-electron chi connectivity index (χ1n) is 8.54. The third-order valence-electron chi connectivity index (χ3n) is 4.68. The van der Waals surface area contributed by atoms with E-state index in [9.17, 15) is 9.59 Å². The monoisotopic (exact) mass is 390 g/mol. The molecule has 1 aliphatic carbocycles. The van der Waals surface area contributed by atoms with Gasteiger partial charge in [0.25, 0.3) is 5.91 Å². The zero-order chi connectivity index (χ0) is 18.1. The van der Waals surface area contributed by atoms with Crippen molar-refractivity contribution in [3.8, 4) is 11.5 Å². The first-order chi connectivity index (χ1) is 12.6. The van der Waals surface area contributed by atoms with Crippen LogP contribution in [0.25, 0.3) is 6.08 Å². The third kappa shape index (κ3) is 3.43. The minimum Gasteiger partial charge on any atom is -0.454 e. The maximum atomic E-state index is 12.6. The molecule has 2 aliphatic heterocycles. The summed E-state index contributed by atoms with van der Waals surface area (Å²) in [5.74, 6) is 1.48. The quantitative estimate of drug-likeness (QED) is 0.616. The van der Waals surface area contributed by atoms with Crippen LogP contribution in [0.3, 0.4) is 0 Å². The van der Waals surface area contributed by atoms with E-state index < -0.39 is 0 Å². The molecule has 0 radical (unpaired) electrons. The summed E-state index contributed by atoms with van der Waals surface area (Å²) < 4.78 is 11.2. The van der Waals surface area contributed by atoms with Crippen LogP contribution < -0.4 is 14.8 Å². The van der Waals surface area contributed by atoms with Crippen molar-refractivity contribution < 1.29 is 19.1 Å². The van der Waals surface area contributed by atoms with Crippen molar-refractivity contribution in [3.05, 3.63) is 28.7 Å². The van der Waals surface area contributed by atoms with Crippen molar-refractivity contribution in [1.82, 2.24) is 10.2 Å². The van der Waals surface area contributed by atoms with Gasteiger partial charge in [0.05, 0.1) is 4.91 Å². The summed E-state index contributed by atoms with van der Waals surface area (Å²) in [5, 5.41) is 2.89. The zero-order valence-electron chi connectivity index (χ0n) is 14.0. The second-order valence-corrected chi connectivity index (χ2v) is 8.04. The molecule has 6 nitrogen and oxygen atoms in total. The fourth-order valence-corrected chi connectivity index (χ4v) is 4.26. The van der Waals surface area contributed by atoms with Gasteiger partial charge in [0.15, 0.2) is 11.5 Å². The Balaban J connectivity index is 1.37. The number of thiocarbonyl (C=S) groups is 1. The lowest BCUT2D eigenvalue weighted by Gasteiger charge is -2.24. The highest BCUT2D eigenvalue weighted by molar-refractivity contribution is 8.26. The lowest BCUT2D eigenvalue weighted by molar-refractivity contribution is -0.128. The van der Waals surface area contributed by atoms with Gasteiger partial charge in [0.2, 0.25) is 12.7 Å². The van der Waals surface area contributed by atoms with Gasteiger partial charge in [-0.1, -0.05) is 36.5 Å². The highest BCUT2D eigenvalue weighted by Gasteiger charge is 2.32. The van der Waals surface area contributed by atoms with Crippen LogP contribution in [0, 0.1) is 5.92 Å². The maximum Gasteiger partial charge on any atom is 0.266 e. The van der Waals surface area contributed by atoms with Crippen molar-refractivity contribution in [2.24, 2.45) is 5.92 Å². The Hall–Kier alpha value is -2.06. The van der Waals surface area contributed by atoms with E-state index in [4.69, 9.17) is 21.7 Å². The standard InChI is InChI=1S/C18H18N2O4S2/c21-16(12-2-1-3-12)19-6-7-20-17(22)15(26-18(20)25)9-11-4-5-13-14(8-11)24-10-23-13/h4-5,8-9,12H,1-3,6-7,10H2,(H,19,21)/b15-9-. The van der Waals surface area contributed by atoms with E-state index in [0.717, 1.165) is 24.8 Å². The Morgan fingerprint density at radius 1 is 1.35 bits per heavy atom. The predicted octanol–water partition coefficient (Wildman–Crippen LogP) is 2.53. The molecule has 0 unspecified atom stereocenters. The molecule has 0 spiro atoms. The molecule has 2 fully saturated rings. The fourth-order valence-electron chi connectivity index (χ4n) is 2.95. The summed E-state index contributed by atoms with van der Waals surface area (Å²) in [4.78, 5) is 26.6. The smallest absolute Gasteiger partial charge is 0.266 e. The molecule has 3 aliphatic rings. The van der Waals surface area contributed by atoms with Crippen molar-refractivity contribution in [1.29, 1.82) is 0 Å². The van der Waals surface area contributed by atoms with E-state index >= 15 is 0 Å². The normalized spacial score (nSPS) is 20.6. The van der Waals surface area contributed by atoms with Gasteiger partial charge in [-0.05, 0) is 36.6 Å². The SMILES string of the molecule is O=C(NCCN1C(=O)/C(=C/c2ccc3c(c2)OCO3)SC1=S)C1CCC1. The summed E-state index contributed by atoms with van der Waals surface area (Å²) in [7, 11) is 0. The highest BCUT2D eigenvalue weighted by atomic mass is 32.2. The minimum atomic E-state index is -0.129. The number of amides is 2. The molecule has 26 heavy (non-hydrogen) atoms. The summed E-state index contributed by atoms with van der Waals surface area (Å²) in [6, 6.07) is 5.54. The van der Waals surface area contributed by atoms with Crippen LogP contribution in [0.5, 0.6) is 11.5 Å². The molecule has 1 aromatic carbocycles. The molecular formula is C18H18N2O4S2. The lowest BCUT2D eigenvalue weighted by atomic mass is 9.85. The Bertz CT molecular complexity index is 804. The number of nitrogens with one attached hydrogen (secondary N) is 1. The highest BCUT2D eigenvalue weighted by Crippen LogP contribution is 2.36. The predicted molar refractivity (Wildman–Crippen MR) is 103 cm³/mol. The largest absolute Gasteiger partial charge is 0.454 e. The molecule has 8 heteroatoms. The van der Waals surface area contributed by atoms with Crippen LogP contribution in [0.1, 0.15) is 24.8 Å². The van der Waals surface area contributed by atoms with Crippen molar-refractivity contribution in [2.75, 3.05) is 19.9 Å². The van der Waals surface area contributed by atoms with Crippen LogP contribution in [0.15, 0.2) is 23.1 Å². The van der Waals surface area contributed by atoms with E-state index in [1.165, 1.54) is 11.8 Å². The van der Waals surface area contributed by atoms with E-state index in [-0.39, 0.29) is 24.5 Å². The average Bonchev–Trinajstić information content (AvgIpc) is 3.12. The maximum absolute atomic E-state index is 12.6. The van der Waals surface area contributed by atoms with Crippen molar-refractivity contribution in [3.63, 3.8) is 0 Å². The van der Waals surface area contributed by atoms with Crippen LogP contribution in [0.4, 0.5) is 0 Å². The number of carbonyl (C=O) groups is 2. The molecule has 0 atom stereocenters. The first-order valence-corrected chi connectivity index (χ1v) is 9.77. The van der Waals surface area contributed by atoms with Crippen molar-refractivity contribution in [2.45, 2.75) is 19.3 Å². The van der Waals surface area contributed by atoms with Crippen LogP contribution in [-0.4, -0.2) is 40.9 Å². The van der Waals surface area contributed by atoms with Gasteiger partial charge in [0.1, 0.15) is 4.32 Å². The topological polar surface area (TPSA) is 67.9 Å².